The van der Waals surface area contributed by atoms with Crippen molar-refractivity contribution in [3.05, 3.63) is 102 Å². The lowest BCUT2D eigenvalue weighted by atomic mass is 9.86. The molecule has 1 heterocycles. The summed E-state index contributed by atoms with van der Waals surface area (Å²) >= 11 is 0. The minimum absolute atomic E-state index is 0.133. The first kappa shape index (κ1) is 25.9. The molecule has 6 nitrogen and oxygen atoms in total. The molecule has 1 saturated heterocycles. The van der Waals surface area contributed by atoms with Crippen LogP contribution < -0.4 is 9.84 Å². The van der Waals surface area contributed by atoms with Crippen LogP contribution >= 0.6 is 0 Å². The van der Waals surface area contributed by atoms with Gasteiger partial charge < -0.3 is 23.8 Å². The SMILES string of the molecule is C[N+]1(CCOCCOc2ccccc2)CCC[C@@H]1COC(=O)C([O-])(c1ccccc1)c1ccccc1. The predicted octanol–water partition coefficient (Wildman–Crippen LogP) is 3.54. The Balaban J connectivity index is 1.31. The molecule has 0 spiro atoms. The van der Waals surface area contributed by atoms with Gasteiger partial charge in [0.1, 0.15) is 31.5 Å². The van der Waals surface area contributed by atoms with Crippen LogP contribution in [0.15, 0.2) is 91.0 Å². The van der Waals surface area contributed by atoms with Gasteiger partial charge in [-0.15, -0.1) is 0 Å². The fourth-order valence-electron chi connectivity index (χ4n) is 4.87. The highest BCUT2D eigenvalue weighted by atomic mass is 16.6. The lowest BCUT2D eigenvalue weighted by Crippen LogP contribution is -2.54. The first-order valence-corrected chi connectivity index (χ1v) is 12.6. The summed E-state index contributed by atoms with van der Waals surface area (Å²) in [6, 6.07) is 27.3. The van der Waals surface area contributed by atoms with Crippen LogP contribution in [0.4, 0.5) is 0 Å². The molecule has 190 valence electrons. The van der Waals surface area contributed by atoms with Crippen LogP contribution in [0.3, 0.4) is 0 Å². The van der Waals surface area contributed by atoms with Crippen molar-refractivity contribution in [1.82, 2.24) is 0 Å². The molecule has 6 heteroatoms. The Hall–Kier alpha value is -3.19. The van der Waals surface area contributed by atoms with Crippen LogP contribution in [0.5, 0.6) is 5.75 Å². The second-order valence-corrected chi connectivity index (χ2v) is 9.51. The molecule has 1 unspecified atom stereocenters. The Morgan fingerprint density at radius 3 is 2.08 bits per heavy atom. The number of nitrogens with zero attached hydrogens (tertiary/aromatic N) is 1. The Labute approximate surface area is 213 Å². The van der Waals surface area contributed by atoms with Gasteiger partial charge in [-0.25, -0.2) is 0 Å². The zero-order valence-corrected chi connectivity index (χ0v) is 20.9. The lowest BCUT2D eigenvalue weighted by molar-refractivity contribution is -0.921. The largest absolute Gasteiger partial charge is 0.834 e. The van der Waals surface area contributed by atoms with E-state index >= 15 is 0 Å². The van der Waals surface area contributed by atoms with E-state index in [0.717, 1.165) is 36.2 Å². The summed E-state index contributed by atoms with van der Waals surface area (Å²) in [4.78, 5) is 13.3. The standard InChI is InChI=1S/C30H35NO5/c1-31(20-21-34-22-23-35-28-17-9-4-10-18-28)19-11-16-27(31)24-36-29(32)30(33,25-12-5-2-6-13-25)26-14-7-3-8-15-26/h2-10,12-15,17-18,27H,11,16,19-24H2,1H3/t27-,31?/m1/s1. The van der Waals surface area contributed by atoms with E-state index in [4.69, 9.17) is 14.2 Å². The van der Waals surface area contributed by atoms with E-state index in [1.165, 1.54) is 0 Å². The molecule has 0 bridgehead atoms. The highest BCUT2D eigenvalue weighted by Gasteiger charge is 2.40. The Kier molecular flexibility index (Phi) is 8.75. The van der Waals surface area contributed by atoms with Gasteiger partial charge in [0, 0.05) is 18.4 Å². The fourth-order valence-corrected chi connectivity index (χ4v) is 4.87. The van der Waals surface area contributed by atoms with Crippen LogP contribution in [-0.4, -0.2) is 63.1 Å². The third-order valence-corrected chi connectivity index (χ3v) is 7.13. The number of carbonyl (C=O) groups is 1. The number of hydrogen-bond donors (Lipinski definition) is 0. The van der Waals surface area contributed by atoms with Crippen LogP contribution in [0, 0.1) is 0 Å². The number of esters is 1. The second kappa shape index (κ2) is 12.2. The second-order valence-electron chi connectivity index (χ2n) is 9.51. The van der Waals surface area contributed by atoms with Crippen LogP contribution in [0.1, 0.15) is 24.0 Å². The zero-order valence-electron chi connectivity index (χ0n) is 20.9. The van der Waals surface area contributed by atoms with Crippen molar-refractivity contribution in [2.24, 2.45) is 0 Å². The van der Waals surface area contributed by atoms with Crippen molar-refractivity contribution in [2.75, 3.05) is 46.6 Å². The number of para-hydroxylation sites is 1. The number of benzene rings is 3. The molecule has 0 aromatic heterocycles. The normalized spacial score (nSPS) is 19.7. The van der Waals surface area contributed by atoms with Crippen molar-refractivity contribution in [3.8, 4) is 5.75 Å². The molecule has 3 aromatic carbocycles. The third kappa shape index (κ3) is 6.13. The maximum absolute atomic E-state index is 14.0. The molecule has 0 N–H and O–H groups in total. The summed E-state index contributed by atoms with van der Waals surface area (Å²) in [7, 11) is 2.17. The summed E-state index contributed by atoms with van der Waals surface area (Å²) in [5, 5.41) is 14.0. The molecule has 4 rings (SSSR count). The molecule has 1 aliphatic heterocycles. The van der Waals surface area contributed by atoms with Crippen LogP contribution in [0.25, 0.3) is 0 Å². The Morgan fingerprint density at radius 1 is 0.889 bits per heavy atom. The average molecular weight is 490 g/mol. The van der Waals surface area contributed by atoms with E-state index in [2.05, 4.69) is 7.05 Å². The number of quaternary nitrogens is 1. The minimum Gasteiger partial charge on any atom is -0.834 e. The van der Waals surface area contributed by atoms with Gasteiger partial charge in [-0.05, 0) is 23.3 Å². The lowest BCUT2D eigenvalue weighted by Gasteiger charge is -2.40. The number of likely N-dealkylation sites (tertiary alicyclic amines) is 1. The van der Waals surface area contributed by atoms with Crippen molar-refractivity contribution in [3.63, 3.8) is 0 Å². The smallest absolute Gasteiger partial charge is 0.304 e. The molecule has 0 saturated carbocycles. The summed E-state index contributed by atoms with van der Waals surface area (Å²) in [6.45, 7) is 3.63. The highest BCUT2D eigenvalue weighted by molar-refractivity contribution is 5.85. The van der Waals surface area contributed by atoms with Gasteiger partial charge in [0.05, 0.1) is 26.8 Å². The van der Waals surface area contributed by atoms with Gasteiger partial charge in [0.25, 0.3) is 0 Å². The molecule has 1 fully saturated rings. The molecule has 1 aliphatic rings. The monoisotopic (exact) mass is 489 g/mol. The van der Waals surface area contributed by atoms with Gasteiger partial charge in [-0.1, -0.05) is 78.9 Å². The fraction of sp³-hybridized carbons (Fsp3) is 0.367. The summed E-state index contributed by atoms with van der Waals surface area (Å²) in [5.74, 6) is 0.0784. The van der Waals surface area contributed by atoms with Crippen LogP contribution in [0.2, 0.25) is 0 Å². The predicted molar refractivity (Wildman–Crippen MR) is 136 cm³/mol. The molecule has 0 radical (unpaired) electrons. The van der Waals surface area contributed by atoms with Gasteiger partial charge in [0.15, 0.2) is 0 Å². The Morgan fingerprint density at radius 2 is 1.47 bits per heavy atom. The van der Waals surface area contributed by atoms with Gasteiger partial charge >= 0.3 is 5.97 Å². The number of carbonyl (C=O) groups excluding carboxylic acids is 1. The molecule has 0 aliphatic carbocycles. The van der Waals surface area contributed by atoms with Gasteiger partial charge in [-0.2, -0.15) is 0 Å². The maximum Gasteiger partial charge on any atom is 0.304 e. The first-order chi connectivity index (χ1) is 17.5. The van der Waals surface area contributed by atoms with Gasteiger partial charge in [-0.3, -0.25) is 4.79 Å². The summed E-state index contributed by atoms with van der Waals surface area (Å²) < 4.78 is 18.0. The zero-order chi connectivity index (χ0) is 25.3. The average Bonchev–Trinajstić information content (AvgIpc) is 3.30. The maximum atomic E-state index is 14.0. The minimum atomic E-state index is -2.10. The van der Waals surface area contributed by atoms with Crippen molar-refractivity contribution >= 4 is 5.97 Å². The van der Waals surface area contributed by atoms with Crippen molar-refractivity contribution in [1.29, 1.82) is 0 Å². The van der Waals surface area contributed by atoms with Gasteiger partial charge in [0.2, 0.25) is 0 Å². The topological polar surface area (TPSA) is 67.8 Å². The molecular formula is C30H35NO5. The first-order valence-electron chi connectivity index (χ1n) is 12.6. The molecule has 0 amide bonds. The number of ether oxygens (including phenoxy) is 3. The Bertz CT molecular complexity index is 1040. The highest BCUT2D eigenvalue weighted by Crippen LogP contribution is 2.30. The van der Waals surface area contributed by atoms with E-state index in [-0.39, 0.29) is 12.6 Å². The molecule has 2 atom stereocenters. The summed E-state index contributed by atoms with van der Waals surface area (Å²) in [5.41, 5.74) is -1.33. The van der Waals surface area contributed by atoms with E-state index in [1.807, 2.05) is 42.5 Å². The number of likely N-dealkylation sites (N-methyl/N-ethyl adjacent to an activating group) is 1. The quantitative estimate of drug-likeness (QED) is 0.221. The number of rotatable bonds is 12. The van der Waals surface area contributed by atoms with E-state index in [1.54, 1.807) is 48.5 Å². The molecular weight excluding hydrogens is 454 g/mol. The molecule has 3 aromatic rings. The van der Waals surface area contributed by atoms with E-state index in [0.29, 0.717) is 30.9 Å². The summed E-state index contributed by atoms with van der Waals surface area (Å²) in [6.07, 6.45) is 2.00. The number of hydrogen-bond acceptors (Lipinski definition) is 5. The molecule has 36 heavy (non-hydrogen) atoms. The van der Waals surface area contributed by atoms with Crippen molar-refractivity contribution in [2.45, 2.75) is 24.5 Å². The van der Waals surface area contributed by atoms with Crippen molar-refractivity contribution < 1.29 is 28.6 Å². The van der Waals surface area contributed by atoms with E-state index < -0.39 is 11.6 Å². The van der Waals surface area contributed by atoms with E-state index in [9.17, 15) is 9.90 Å². The third-order valence-electron chi connectivity index (χ3n) is 7.13. The van der Waals surface area contributed by atoms with Crippen LogP contribution in [-0.2, 0) is 19.9 Å².